The van der Waals surface area contributed by atoms with Crippen molar-refractivity contribution in [2.24, 2.45) is 0 Å². The Hall–Kier alpha value is -1.84. The van der Waals surface area contributed by atoms with E-state index in [1.54, 1.807) is 12.1 Å². The number of ether oxygens (including phenoxy) is 1. The molecular formula is C24H38O4. The Morgan fingerprint density at radius 1 is 0.821 bits per heavy atom. The van der Waals surface area contributed by atoms with Gasteiger partial charge < -0.3 is 9.84 Å². The van der Waals surface area contributed by atoms with Crippen LogP contribution in [0.25, 0.3) is 0 Å². The van der Waals surface area contributed by atoms with E-state index < -0.39 is 11.9 Å². The second kappa shape index (κ2) is 15.1. The largest absolute Gasteiger partial charge is 0.478 e. The van der Waals surface area contributed by atoms with Crippen molar-refractivity contribution in [3.05, 3.63) is 35.4 Å². The van der Waals surface area contributed by atoms with E-state index >= 15 is 0 Å². The number of carbonyl (C=O) groups excluding carboxylic acids is 1. The normalized spacial score (nSPS) is 11.9. The molecule has 1 aromatic carbocycles. The summed E-state index contributed by atoms with van der Waals surface area (Å²) in [4.78, 5) is 23.4. The summed E-state index contributed by atoms with van der Waals surface area (Å²) in [6, 6.07) is 6.19. The Balaban J connectivity index is 2.07. The molecule has 1 atom stereocenters. The van der Waals surface area contributed by atoms with Gasteiger partial charge in [-0.05, 0) is 31.9 Å². The number of rotatable bonds is 16. The molecule has 28 heavy (non-hydrogen) atoms. The van der Waals surface area contributed by atoms with Gasteiger partial charge in [0.1, 0.15) is 0 Å². The third kappa shape index (κ3) is 10.5. The monoisotopic (exact) mass is 390 g/mol. The molecule has 0 bridgehead atoms. The van der Waals surface area contributed by atoms with Gasteiger partial charge in [-0.1, -0.05) is 89.7 Å². The first-order valence-corrected chi connectivity index (χ1v) is 11.1. The van der Waals surface area contributed by atoms with Crippen molar-refractivity contribution in [1.82, 2.24) is 0 Å². The molecule has 0 amide bonds. The number of hydrogen-bond donors (Lipinski definition) is 1. The van der Waals surface area contributed by atoms with Gasteiger partial charge in [0.05, 0.1) is 17.2 Å². The lowest BCUT2D eigenvalue weighted by Gasteiger charge is -2.14. The molecule has 0 radical (unpaired) electrons. The number of aromatic carboxylic acids is 1. The maximum atomic E-state index is 12.2. The van der Waals surface area contributed by atoms with E-state index in [-0.39, 0.29) is 17.2 Å². The van der Waals surface area contributed by atoms with Gasteiger partial charge in [-0.3, -0.25) is 0 Å². The number of carbonyl (C=O) groups is 2. The molecule has 1 rings (SSSR count). The highest BCUT2D eigenvalue weighted by Crippen LogP contribution is 2.16. The van der Waals surface area contributed by atoms with Gasteiger partial charge >= 0.3 is 11.9 Å². The summed E-state index contributed by atoms with van der Waals surface area (Å²) in [5.74, 6) is -1.66. The molecule has 1 unspecified atom stereocenters. The highest BCUT2D eigenvalue weighted by atomic mass is 16.5. The third-order valence-electron chi connectivity index (χ3n) is 5.15. The summed E-state index contributed by atoms with van der Waals surface area (Å²) >= 11 is 0. The van der Waals surface area contributed by atoms with Crippen LogP contribution < -0.4 is 0 Å². The van der Waals surface area contributed by atoms with Crippen LogP contribution in [0.15, 0.2) is 24.3 Å². The summed E-state index contributed by atoms with van der Waals surface area (Å²) in [7, 11) is 0. The van der Waals surface area contributed by atoms with Crippen molar-refractivity contribution < 1.29 is 19.4 Å². The molecule has 0 aromatic heterocycles. The van der Waals surface area contributed by atoms with Crippen LogP contribution in [0.5, 0.6) is 0 Å². The molecule has 158 valence electrons. The van der Waals surface area contributed by atoms with Crippen LogP contribution >= 0.6 is 0 Å². The van der Waals surface area contributed by atoms with Crippen molar-refractivity contribution in [2.75, 3.05) is 0 Å². The Kier molecular flexibility index (Phi) is 13.1. The van der Waals surface area contributed by atoms with Gasteiger partial charge in [0.25, 0.3) is 0 Å². The highest BCUT2D eigenvalue weighted by molar-refractivity contribution is 6.02. The molecule has 0 aliphatic carbocycles. The van der Waals surface area contributed by atoms with E-state index in [2.05, 4.69) is 6.92 Å². The summed E-state index contributed by atoms with van der Waals surface area (Å²) in [6.07, 6.45) is 16.2. The van der Waals surface area contributed by atoms with Crippen molar-refractivity contribution in [2.45, 2.75) is 103 Å². The average molecular weight is 391 g/mol. The lowest BCUT2D eigenvalue weighted by molar-refractivity contribution is 0.0313. The van der Waals surface area contributed by atoms with Gasteiger partial charge in [0, 0.05) is 0 Å². The Morgan fingerprint density at radius 3 is 1.79 bits per heavy atom. The standard InChI is InChI=1S/C24H38O4/c1-3-4-5-6-7-8-9-10-11-12-13-14-17-20(2)28-24(27)22-19-16-15-18-21(22)23(25)26/h15-16,18-20H,3-14,17H2,1-2H3,(H,25,26). The zero-order valence-electron chi connectivity index (χ0n) is 17.8. The zero-order chi connectivity index (χ0) is 20.6. The number of unbranched alkanes of at least 4 members (excludes halogenated alkanes) is 11. The first-order valence-electron chi connectivity index (χ1n) is 11.1. The van der Waals surface area contributed by atoms with Crippen molar-refractivity contribution in [3.63, 3.8) is 0 Å². The molecule has 0 aliphatic heterocycles. The predicted molar refractivity (Wildman–Crippen MR) is 114 cm³/mol. The minimum absolute atomic E-state index is 0.00920. The SMILES string of the molecule is CCCCCCCCCCCCCCC(C)OC(=O)c1ccccc1C(=O)O. The molecule has 1 N–H and O–H groups in total. The molecule has 0 fully saturated rings. The topological polar surface area (TPSA) is 63.6 Å². The summed E-state index contributed by atoms with van der Waals surface area (Å²) in [6.45, 7) is 4.13. The molecule has 4 nitrogen and oxygen atoms in total. The second-order valence-electron chi connectivity index (χ2n) is 7.74. The lowest BCUT2D eigenvalue weighted by atomic mass is 10.0. The Bertz CT molecular complexity index is 567. The van der Waals surface area contributed by atoms with E-state index in [9.17, 15) is 9.59 Å². The van der Waals surface area contributed by atoms with Crippen LogP contribution in [-0.2, 0) is 4.74 Å². The number of esters is 1. The van der Waals surface area contributed by atoms with Crippen molar-refractivity contribution in [1.29, 1.82) is 0 Å². The molecular weight excluding hydrogens is 352 g/mol. The van der Waals surface area contributed by atoms with E-state index in [1.807, 2.05) is 6.92 Å². The van der Waals surface area contributed by atoms with Crippen LogP contribution in [-0.4, -0.2) is 23.1 Å². The lowest BCUT2D eigenvalue weighted by Crippen LogP contribution is -2.17. The van der Waals surface area contributed by atoms with Crippen LogP contribution in [0.1, 0.15) is 118 Å². The van der Waals surface area contributed by atoms with Crippen LogP contribution in [0.3, 0.4) is 0 Å². The van der Waals surface area contributed by atoms with E-state index in [1.165, 1.54) is 76.3 Å². The number of carboxylic acid groups (broad SMARTS) is 1. The zero-order valence-corrected chi connectivity index (χ0v) is 17.8. The first-order chi connectivity index (χ1) is 13.6. The average Bonchev–Trinajstić information content (AvgIpc) is 2.68. The summed E-state index contributed by atoms with van der Waals surface area (Å²) in [5, 5.41) is 9.17. The molecule has 0 spiro atoms. The van der Waals surface area contributed by atoms with Gasteiger partial charge in [-0.25, -0.2) is 9.59 Å². The van der Waals surface area contributed by atoms with Crippen LogP contribution in [0.4, 0.5) is 0 Å². The number of benzene rings is 1. The molecule has 1 aromatic rings. The van der Waals surface area contributed by atoms with E-state index in [0.717, 1.165) is 19.3 Å². The minimum atomic E-state index is -1.11. The number of carboxylic acids is 1. The quantitative estimate of drug-likeness (QED) is 0.243. The fraction of sp³-hybridized carbons (Fsp3) is 0.667. The maximum Gasteiger partial charge on any atom is 0.339 e. The Morgan fingerprint density at radius 2 is 1.29 bits per heavy atom. The van der Waals surface area contributed by atoms with Gasteiger partial charge in [0.15, 0.2) is 0 Å². The van der Waals surface area contributed by atoms with Gasteiger partial charge in [-0.15, -0.1) is 0 Å². The molecule has 0 saturated carbocycles. The molecule has 0 saturated heterocycles. The van der Waals surface area contributed by atoms with Crippen molar-refractivity contribution in [3.8, 4) is 0 Å². The van der Waals surface area contributed by atoms with Gasteiger partial charge in [0.2, 0.25) is 0 Å². The number of hydrogen-bond acceptors (Lipinski definition) is 3. The minimum Gasteiger partial charge on any atom is -0.478 e. The summed E-state index contributed by atoms with van der Waals surface area (Å²) in [5.41, 5.74) is 0.113. The first kappa shape index (κ1) is 24.2. The third-order valence-corrected chi connectivity index (χ3v) is 5.15. The smallest absolute Gasteiger partial charge is 0.339 e. The van der Waals surface area contributed by atoms with Crippen LogP contribution in [0.2, 0.25) is 0 Å². The van der Waals surface area contributed by atoms with E-state index in [0.29, 0.717) is 0 Å². The predicted octanol–water partition coefficient (Wildman–Crippen LogP) is 7.02. The van der Waals surface area contributed by atoms with E-state index in [4.69, 9.17) is 9.84 Å². The maximum absolute atomic E-state index is 12.2. The van der Waals surface area contributed by atoms with Crippen LogP contribution in [0, 0.1) is 0 Å². The highest BCUT2D eigenvalue weighted by Gasteiger charge is 2.18. The molecule has 4 heteroatoms. The fourth-order valence-corrected chi connectivity index (χ4v) is 3.43. The molecule has 0 aliphatic rings. The second-order valence-corrected chi connectivity index (χ2v) is 7.74. The Labute approximate surface area is 170 Å². The fourth-order valence-electron chi connectivity index (χ4n) is 3.43. The van der Waals surface area contributed by atoms with Crippen molar-refractivity contribution >= 4 is 11.9 Å². The van der Waals surface area contributed by atoms with Gasteiger partial charge in [-0.2, -0.15) is 0 Å². The summed E-state index contributed by atoms with van der Waals surface area (Å²) < 4.78 is 5.42. The molecule has 0 heterocycles.